The van der Waals surface area contributed by atoms with Gasteiger partial charge in [0.15, 0.2) is 0 Å². The highest BCUT2D eigenvalue weighted by molar-refractivity contribution is 8.03. The average molecular weight is 166 g/mol. The maximum Gasteiger partial charge on any atom is 0.133 e. The van der Waals surface area contributed by atoms with Gasteiger partial charge in [-0.3, -0.25) is 0 Å². The van der Waals surface area contributed by atoms with E-state index in [1.165, 1.54) is 18.3 Å². The molecular formula is C9H15BS. The zero-order chi connectivity index (χ0) is 8.27. The minimum atomic E-state index is 0.730. The summed E-state index contributed by atoms with van der Waals surface area (Å²) in [5.41, 5.74) is 1.51. The van der Waals surface area contributed by atoms with E-state index in [1.807, 2.05) is 11.8 Å². The van der Waals surface area contributed by atoms with Crippen LogP contribution in [0, 0.1) is 0 Å². The van der Waals surface area contributed by atoms with Gasteiger partial charge in [-0.05, 0) is 17.7 Å². The van der Waals surface area contributed by atoms with Crippen LogP contribution in [0.4, 0.5) is 0 Å². The molecule has 0 fully saturated rings. The Morgan fingerprint density at radius 3 is 2.55 bits per heavy atom. The number of allylic oxidation sites excluding steroid dienone is 4. The maximum absolute atomic E-state index is 2.27. The van der Waals surface area contributed by atoms with Crippen LogP contribution in [0.1, 0.15) is 26.7 Å². The summed E-state index contributed by atoms with van der Waals surface area (Å²) in [5.74, 6) is 0. The monoisotopic (exact) mass is 166 g/mol. The summed E-state index contributed by atoms with van der Waals surface area (Å²) in [7, 11) is 2.20. The number of hydrogen-bond acceptors (Lipinski definition) is 1. The van der Waals surface area contributed by atoms with Gasteiger partial charge in [-0.25, -0.2) is 0 Å². The molecule has 0 saturated carbocycles. The lowest BCUT2D eigenvalue weighted by atomic mass is 9.88. The van der Waals surface area contributed by atoms with Crippen LogP contribution >= 0.6 is 11.8 Å². The van der Waals surface area contributed by atoms with E-state index >= 15 is 0 Å². The van der Waals surface area contributed by atoms with Crippen molar-refractivity contribution >= 4 is 19.6 Å². The third kappa shape index (κ3) is 3.19. The van der Waals surface area contributed by atoms with Gasteiger partial charge in [0.25, 0.3) is 0 Å². The highest BCUT2D eigenvalue weighted by Crippen LogP contribution is 2.29. The van der Waals surface area contributed by atoms with Crippen molar-refractivity contribution in [3.8, 4) is 0 Å². The van der Waals surface area contributed by atoms with Crippen LogP contribution in [0.2, 0.25) is 0 Å². The predicted octanol–water partition coefficient (Wildman–Crippen LogP) is 2.32. The fourth-order valence-electron chi connectivity index (χ4n) is 1.12. The molecule has 1 aliphatic rings. The van der Waals surface area contributed by atoms with Gasteiger partial charge in [-0.1, -0.05) is 26.0 Å². The summed E-state index contributed by atoms with van der Waals surface area (Å²) < 4.78 is 0. The molecule has 0 spiro atoms. The summed E-state index contributed by atoms with van der Waals surface area (Å²) in [5, 5.41) is 0.730. The van der Waals surface area contributed by atoms with Crippen LogP contribution in [0.25, 0.3) is 0 Å². The van der Waals surface area contributed by atoms with Gasteiger partial charge in [0.1, 0.15) is 7.85 Å². The minimum Gasteiger partial charge on any atom is -0.128 e. The molecular weight excluding hydrogens is 151 g/mol. The molecule has 0 radical (unpaired) electrons. The van der Waals surface area contributed by atoms with Crippen LogP contribution in [-0.4, -0.2) is 13.1 Å². The van der Waals surface area contributed by atoms with Crippen LogP contribution in [-0.2, 0) is 0 Å². The summed E-state index contributed by atoms with van der Waals surface area (Å²) >= 11 is 1.99. The molecule has 0 amide bonds. The van der Waals surface area contributed by atoms with E-state index in [0.717, 1.165) is 5.25 Å². The van der Waals surface area contributed by atoms with Crippen LogP contribution in [0.15, 0.2) is 22.5 Å². The zero-order valence-corrected chi connectivity index (χ0v) is 8.37. The van der Waals surface area contributed by atoms with E-state index in [4.69, 9.17) is 0 Å². The molecule has 0 aromatic heterocycles. The van der Waals surface area contributed by atoms with Gasteiger partial charge < -0.3 is 0 Å². The summed E-state index contributed by atoms with van der Waals surface area (Å²) in [6.07, 6.45) is 7.02. The van der Waals surface area contributed by atoms with Gasteiger partial charge in [-0.2, -0.15) is 0 Å². The van der Waals surface area contributed by atoms with Gasteiger partial charge in [0.05, 0.1) is 0 Å². The lowest BCUT2D eigenvalue weighted by molar-refractivity contribution is 0.995. The van der Waals surface area contributed by atoms with Crippen molar-refractivity contribution in [3.05, 3.63) is 22.5 Å². The quantitative estimate of drug-likeness (QED) is 0.567. The third-order valence-electron chi connectivity index (χ3n) is 1.71. The van der Waals surface area contributed by atoms with Crippen molar-refractivity contribution in [3.63, 3.8) is 0 Å². The summed E-state index contributed by atoms with van der Waals surface area (Å²) in [6, 6.07) is 0. The molecule has 2 heteroatoms. The van der Waals surface area contributed by atoms with Gasteiger partial charge in [-0.15, -0.1) is 17.2 Å². The lowest BCUT2D eigenvalue weighted by Crippen LogP contribution is -1.94. The fraction of sp³-hybridized carbons (Fsp3) is 0.556. The van der Waals surface area contributed by atoms with Crippen molar-refractivity contribution in [1.82, 2.24) is 0 Å². The summed E-state index contributed by atoms with van der Waals surface area (Å²) in [4.78, 5) is 1.55. The topological polar surface area (TPSA) is 0 Å². The zero-order valence-electron chi connectivity index (χ0n) is 7.55. The first kappa shape index (κ1) is 8.99. The largest absolute Gasteiger partial charge is 0.133 e. The van der Waals surface area contributed by atoms with Crippen molar-refractivity contribution in [2.75, 3.05) is 0 Å². The Hall–Kier alpha value is -0.105. The van der Waals surface area contributed by atoms with E-state index in [2.05, 4.69) is 33.8 Å². The second-order valence-corrected chi connectivity index (χ2v) is 5.02. The molecule has 0 nitrogen and oxygen atoms in total. The highest BCUT2D eigenvalue weighted by atomic mass is 32.2. The second kappa shape index (κ2) is 4.05. The first-order chi connectivity index (χ1) is 5.18. The second-order valence-electron chi connectivity index (χ2n) is 3.31. The SMILES string of the molecule is BC1=CC=C(SC(C)C)CC1. The third-order valence-corrected chi connectivity index (χ3v) is 2.82. The van der Waals surface area contributed by atoms with E-state index in [9.17, 15) is 0 Å². The van der Waals surface area contributed by atoms with Gasteiger partial charge in [0.2, 0.25) is 0 Å². The van der Waals surface area contributed by atoms with Crippen LogP contribution < -0.4 is 0 Å². The van der Waals surface area contributed by atoms with Gasteiger partial charge in [0, 0.05) is 5.25 Å². The fourth-order valence-corrected chi connectivity index (χ4v) is 2.10. The normalized spacial score (nSPS) is 18.1. The molecule has 0 N–H and O–H groups in total. The van der Waals surface area contributed by atoms with Gasteiger partial charge >= 0.3 is 0 Å². The molecule has 0 unspecified atom stereocenters. The van der Waals surface area contributed by atoms with Crippen molar-refractivity contribution in [2.45, 2.75) is 31.9 Å². The molecule has 1 rings (SSSR count). The molecule has 0 heterocycles. The van der Waals surface area contributed by atoms with Crippen molar-refractivity contribution in [1.29, 1.82) is 0 Å². The molecule has 0 aromatic rings. The summed E-state index contributed by atoms with van der Waals surface area (Å²) in [6.45, 7) is 4.49. The Labute approximate surface area is 74.5 Å². The molecule has 0 saturated heterocycles. The molecule has 0 atom stereocenters. The van der Waals surface area contributed by atoms with Crippen molar-refractivity contribution in [2.24, 2.45) is 0 Å². The lowest BCUT2D eigenvalue weighted by Gasteiger charge is -2.13. The first-order valence-electron chi connectivity index (χ1n) is 4.21. The van der Waals surface area contributed by atoms with E-state index in [1.54, 1.807) is 4.91 Å². The van der Waals surface area contributed by atoms with E-state index in [0.29, 0.717) is 0 Å². The number of rotatable bonds is 2. The Bertz CT molecular complexity index is 192. The smallest absolute Gasteiger partial charge is 0.128 e. The molecule has 60 valence electrons. The first-order valence-corrected chi connectivity index (χ1v) is 5.09. The van der Waals surface area contributed by atoms with E-state index in [-0.39, 0.29) is 0 Å². The number of hydrogen-bond donors (Lipinski definition) is 0. The van der Waals surface area contributed by atoms with Crippen molar-refractivity contribution < 1.29 is 0 Å². The Balaban J connectivity index is 2.48. The minimum absolute atomic E-state index is 0.730. The van der Waals surface area contributed by atoms with Crippen LogP contribution in [0.3, 0.4) is 0 Å². The Kier molecular flexibility index (Phi) is 3.31. The predicted molar refractivity (Wildman–Crippen MR) is 56.7 cm³/mol. The van der Waals surface area contributed by atoms with E-state index < -0.39 is 0 Å². The number of thioether (sulfide) groups is 1. The molecule has 1 aliphatic carbocycles. The molecule has 0 bridgehead atoms. The average Bonchev–Trinajstić information content (AvgIpc) is 1.93. The van der Waals surface area contributed by atoms with Crippen LogP contribution in [0.5, 0.6) is 0 Å². The molecule has 0 aliphatic heterocycles. The standard InChI is InChI=1S/C9H15BS/c1-7(2)11-9-5-3-8(10)4-6-9/h3,5,7H,4,6,10H2,1-2H3. The Morgan fingerprint density at radius 2 is 2.09 bits per heavy atom. The highest BCUT2D eigenvalue weighted by Gasteiger charge is 2.04. The molecule has 0 aromatic carbocycles. The maximum atomic E-state index is 2.27. The molecule has 11 heavy (non-hydrogen) atoms. The Morgan fingerprint density at radius 1 is 1.36 bits per heavy atom.